The highest BCUT2D eigenvalue weighted by atomic mass is 16.2. The van der Waals surface area contributed by atoms with E-state index in [1.165, 1.54) is 0 Å². The van der Waals surface area contributed by atoms with Crippen molar-refractivity contribution in [1.82, 2.24) is 10.6 Å². The topological polar surface area (TPSA) is 84.2 Å². The molecule has 0 radical (unpaired) electrons. The lowest BCUT2D eigenvalue weighted by atomic mass is 10.4. The van der Waals surface area contributed by atoms with Gasteiger partial charge in [-0.2, -0.15) is 0 Å². The van der Waals surface area contributed by atoms with Gasteiger partial charge in [0.25, 0.3) is 0 Å². The highest BCUT2D eigenvalue weighted by Gasteiger charge is 2.22. The summed E-state index contributed by atoms with van der Waals surface area (Å²) < 4.78 is 0. The number of rotatable bonds is 5. The lowest BCUT2D eigenvalue weighted by Crippen LogP contribution is -2.38. The average Bonchev–Trinajstić information content (AvgIpc) is 2.85. The molecular weight excluding hydrogens is 170 g/mol. The van der Waals surface area contributed by atoms with Crippen molar-refractivity contribution in [2.75, 3.05) is 13.1 Å². The smallest absolute Gasteiger partial charge is 0.239 e. The number of nitrogens with one attached hydrogen (secondary N) is 2. The molecule has 5 heteroatoms. The minimum atomic E-state index is -0.173. The Morgan fingerprint density at radius 2 is 2.00 bits per heavy atom. The Morgan fingerprint density at radius 1 is 1.31 bits per heavy atom. The van der Waals surface area contributed by atoms with Crippen LogP contribution < -0.4 is 16.4 Å². The van der Waals surface area contributed by atoms with Crippen molar-refractivity contribution in [3.63, 3.8) is 0 Å². The predicted molar refractivity (Wildman–Crippen MR) is 47.8 cm³/mol. The van der Waals surface area contributed by atoms with Crippen molar-refractivity contribution in [2.45, 2.75) is 25.3 Å². The lowest BCUT2D eigenvalue weighted by molar-refractivity contribution is -0.126. The van der Waals surface area contributed by atoms with E-state index in [0.717, 1.165) is 12.8 Å². The van der Waals surface area contributed by atoms with Crippen molar-refractivity contribution in [3.8, 4) is 0 Å². The molecular formula is C8H15N3O2. The quantitative estimate of drug-likeness (QED) is 0.499. The molecule has 0 aromatic rings. The van der Waals surface area contributed by atoms with Crippen LogP contribution in [-0.2, 0) is 9.59 Å². The summed E-state index contributed by atoms with van der Waals surface area (Å²) in [5.74, 6) is -0.290. The standard InChI is InChI=1S/C8H15N3O2/c9-4-3-7(12)10-5-8(13)11-6-1-2-6/h6H,1-5,9H2,(H,10,12)(H,11,13). The fourth-order valence-electron chi connectivity index (χ4n) is 0.905. The summed E-state index contributed by atoms with van der Waals surface area (Å²) in [6.07, 6.45) is 2.39. The first-order valence-corrected chi connectivity index (χ1v) is 4.48. The Morgan fingerprint density at radius 3 is 2.54 bits per heavy atom. The van der Waals surface area contributed by atoms with Crippen molar-refractivity contribution in [1.29, 1.82) is 0 Å². The Hall–Kier alpha value is -1.10. The van der Waals surface area contributed by atoms with E-state index in [4.69, 9.17) is 5.73 Å². The van der Waals surface area contributed by atoms with E-state index in [1.54, 1.807) is 0 Å². The Labute approximate surface area is 77.1 Å². The van der Waals surface area contributed by atoms with Gasteiger partial charge >= 0.3 is 0 Å². The molecule has 1 fully saturated rings. The van der Waals surface area contributed by atoms with Crippen LogP contribution in [0.3, 0.4) is 0 Å². The van der Waals surface area contributed by atoms with Crippen LogP contribution in [0.15, 0.2) is 0 Å². The van der Waals surface area contributed by atoms with Gasteiger partial charge in [0.1, 0.15) is 0 Å². The molecule has 13 heavy (non-hydrogen) atoms. The van der Waals surface area contributed by atoms with Crippen LogP contribution in [0.1, 0.15) is 19.3 Å². The van der Waals surface area contributed by atoms with Crippen molar-refractivity contribution in [2.24, 2.45) is 5.73 Å². The van der Waals surface area contributed by atoms with Gasteiger partial charge in [-0.1, -0.05) is 0 Å². The second-order valence-electron chi connectivity index (χ2n) is 3.16. The van der Waals surface area contributed by atoms with Gasteiger partial charge in [0, 0.05) is 19.0 Å². The summed E-state index contributed by atoms with van der Waals surface area (Å²) in [6, 6.07) is 0.346. The number of nitrogens with two attached hydrogens (primary N) is 1. The average molecular weight is 185 g/mol. The van der Waals surface area contributed by atoms with Crippen LogP contribution in [0, 0.1) is 0 Å². The number of hydrogen-bond donors (Lipinski definition) is 3. The van der Waals surface area contributed by atoms with Gasteiger partial charge in [0.15, 0.2) is 0 Å². The SMILES string of the molecule is NCCC(=O)NCC(=O)NC1CC1. The first-order valence-electron chi connectivity index (χ1n) is 4.48. The molecule has 5 nitrogen and oxygen atoms in total. The van der Waals surface area contributed by atoms with Crippen LogP contribution in [-0.4, -0.2) is 30.9 Å². The Balaban J connectivity index is 2.02. The summed E-state index contributed by atoms with van der Waals surface area (Å²) in [4.78, 5) is 21.9. The van der Waals surface area contributed by atoms with E-state index >= 15 is 0 Å². The van der Waals surface area contributed by atoms with Crippen LogP contribution >= 0.6 is 0 Å². The van der Waals surface area contributed by atoms with E-state index in [9.17, 15) is 9.59 Å². The second-order valence-corrected chi connectivity index (χ2v) is 3.16. The minimum Gasteiger partial charge on any atom is -0.352 e. The zero-order valence-electron chi connectivity index (χ0n) is 7.51. The van der Waals surface area contributed by atoms with E-state index in [-0.39, 0.29) is 24.8 Å². The number of amides is 2. The van der Waals surface area contributed by atoms with E-state index in [1.807, 2.05) is 0 Å². The minimum absolute atomic E-state index is 0.0648. The summed E-state index contributed by atoms with van der Waals surface area (Å²) in [5.41, 5.74) is 5.17. The fourth-order valence-corrected chi connectivity index (χ4v) is 0.905. The van der Waals surface area contributed by atoms with Gasteiger partial charge < -0.3 is 16.4 Å². The fraction of sp³-hybridized carbons (Fsp3) is 0.750. The van der Waals surface area contributed by atoms with Gasteiger partial charge in [-0.05, 0) is 12.8 Å². The molecule has 0 bridgehead atoms. The summed E-state index contributed by atoms with van der Waals surface area (Å²) in [7, 11) is 0. The molecule has 0 spiro atoms. The molecule has 2 amide bonds. The molecule has 0 aromatic carbocycles. The normalized spacial score (nSPS) is 15.2. The Kier molecular flexibility index (Phi) is 3.70. The molecule has 1 aliphatic rings. The second kappa shape index (κ2) is 4.81. The lowest BCUT2D eigenvalue weighted by Gasteiger charge is -2.04. The molecule has 1 aliphatic carbocycles. The van der Waals surface area contributed by atoms with Gasteiger partial charge in [-0.3, -0.25) is 9.59 Å². The molecule has 0 saturated heterocycles. The number of carbonyl (C=O) groups excluding carboxylic acids is 2. The molecule has 0 aliphatic heterocycles. The predicted octanol–water partition coefficient (Wildman–Crippen LogP) is -1.27. The Bertz CT molecular complexity index is 202. The third kappa shape index (κ3) is 4.47. The van der Waals surface area contributed by atoms with Crippen LogP contribution in [0.2, 0.25) is 0 Å². The third-order valence-electron chi connectivity index (χ3n) is 1.76. The van der Waals surface area contributed by atoms with Gasteiger partial charge in [0.05, 0.1) is 6.54 Å². The van der Waals surface area contributed by atoms with Crippen molar-refractivity contribution in [3.05, 3.63) is 0 Å². The van der Waals surface area contributed by atoms with E-state index < -0.39 is 0 Å². The van der Waals surface area contributed by atoms with Crippen LogP contribution in [0.4, 0.5) is 0 Å². The highest BCUT2D eigenvalue weighted by Crippen LogP contribution is 2.17. The third-order valence-corrected chi connectivity index (χ3v) is 1.76. The maximum Gasteiger partial charge on any atom is 0.239 e. The van der Waals surface area contributed by atoms with Gasteiger partial charge in [-0.15, -0.1) is 0 Å². The summed E-state index contributed by atoms with van der Waals surface area (Å²) in [5, 5.41) is 5.25. The van der Waals surface area contributed by atoms with E-state index in [2.05, 4.69) is 10.6 Å². The molecule has 0 atom stereocenters. The number of carbonyl (C=O) groups is 2. The van der Waals surface area contributed by atoms with Gasteiger partial charge in [0.2, 0.25) is 11.8 Å². The van der Waals surface area contributed by atoms with Crippen molar-refractivity contribution < 1.29 is 9.59 Å². The van der Waals surface area contributed by atoms with Crippen molar-refractivity contribution >= 4 is 11.8 Å². The monoisotopic (exact) mass is 185 g/mol. The molecule has 0 unspecified atom stereocenters. The molecule has 4 N–H and O–H groups in total. The van der Waals surface area contributed by atoms with Crippen LogP contribution in [0.25, 0.3) is 0 Å². The number of hydrogen-bond acceptors (Lipinski definition) is 3. The highest BCUT2D eigenvalue weighted by molar-refractivity contribution is 5.84. The molecule has 1 rings (SSSR count). The largest absolute Gasteiger partial charge is 0.352 e. The van der Waals surface area contributed by atoms with E-state index in [0.29, 0.717) is 12.6 Å². The van der Waals surface area contributed by atoms with Gasteiger partial charge in [-0.25, -0.2) is 0 Å². The summed E-state index contributed by atoms with van der Waals surface area (Å²) in [6.45, 7) is 0.380. The van der Waals surface area contributed by atoms with Crippen LogP contribution in [0.5, 0.6) is 0 Å². The maximum atomic E-state index is 11.0. The zero-order valence-corrected chi connectivity index (χ0v) is 7.51. The molecule has 0 aromatic heterocycles. The molecule has 1 saturated carbocycles. The molecule has 0 heterocycles. The first kappa shape index (κ1) is 9.98. The zero-order chi connectivity index (χ0) is 9.68. The maximum absolute atomic E-state index is 11.0. The summed E-state index contributed by atoms with van der Waals surface area (Å²) >= 11 is 0. The molecule has 74 valence electrons. The first-order chi connectivity index (χ1) is 6.22.